The standard InChI is InChI=1S/C30H32FNO6S/c1-16-10-21(37-8-5-9-39(4,35)36)11-17(2)27(16)19-6-7-25(31)22(12-19)18(3)38-26-14-20-13-23-28(24(20)15-32-26)29(23)30(33)34/h6-7,10-12,14-15,18,23,28-29H,5,8-9,13H2,1-4H3,(H,33,34)/t18?,23-,28-,29+/m1/s1. The van der Waals surface area contributed by atoms with E-state index in [1.165, 1.54) is 12.3 Å². The van der Waals surface area contributed by atoms with Gasteiger partial charge in [-0.15, -0.1) is 0 Å². The smallest absolute Gasteiger partial charge is 0.307 e. The molecule has 2 aliphatic rings. The maximum absolute atomic E-state index is 14.9. The number of rotatable bonds is 10. The highest BCUT2D eigenvalue weighted by atomic mass is 32.2. The molecule has 206 valence electrons. The minimum Gasteiger partial charge on any atom is -0.494 e. The van der Waals surface area contributed by atoms with E-state index in [1.807, 2.05) is 32.0 Å². The average Bonchev–Trinajstić information content (AvgIpc) is 3.44. The van der Waals surface area contributed by atoms with Crippen LogP contribution < -0.4 is 9.47 Å². The van der Waals surface area contributed by atoms with Crippen LogP contribution in [0.4, 0.5) is 4.39 Å². The SMILES string of the molecule is Cc1cc(OCCCS(C)(=O)=O)cc(C)c1-c1ccc(F)c(C(C)Oc2cc3c(cn2)[C@H]2[C@@H](C3)[C@@H]2C(=O)O)c1. The van der Waals surface area contributed by atoms with Gasteiger partial charge < -0.3 is 14.6 Å². The van der Waals surface area contributed by atoms with Gasteiger partial charge in [0.2, 0.25) is 5.88 Å². The molecule has 0 amide bonds. The topological polar surface area (TPSA) is 103 Å². The van der Waals surface area contributed by atoms with Crippen LogP contribution in [-0.2, 0) is 21.1 Å². The normalized spacial score (nSPS) is 20.2. The molecule has 1 fully saturated rings. The van der Waals surface area contributed by atoms with Crippen LogP contribution in [0.25, 0.3) is 11.1 Å². The number of carboxylic acid groups (broad SMARTS) is 1. The molecule has 1 heterocycles. The van der Waals surface area contributed by atoms with Gasteiger partial charge in [0.25, 0.3) is 0 Å². The van der Waals surface area contributed by atoms with Crippen LogP contribution in [0.15, 0.2) is 42.6 Å². The quantitative estimate of drug-likeness (QED) is 0.334. The Hall–Kier alpha value is -3.46. The van der Waals surface area contributed by atoms with Gasteiger partial charge in [0.1, 0.15) is 27.5 Å². The van der Waals surface area contributed by atoms with Crippen molar-refractivity contribution in [2.24, 2.45) is 11.8 Å². The number of hydrogen-bond acceptors (Lipinski definition) is 6. The van der Waals surface area contributed by atoms with Crippen LogP contribution in [0, 0.1) is 31.5 Å². The Morgan fingerprint density at radius 3 is 2.56 bits per heavy atom. The highest BCUT2D eigenvalue weighted by Gasteiger charge is 2.59. The first-order valence-corrected chi connectivity index (χ1v) is 15.1. The number of benzene rings is 2. The number of fused-ring (bicyclic) bond motifs is 3. The van der Waals surface area contributed by atoms with Crippen molar-refractivity contribution in [3.63, 3.8) is 0 Å². The summed E-state index contributed by atoms with van der Waals surface area (Å²) in [6.07, 6.45) is 3.43. The highest BCUT2D eigenvalue weighted by molar-refractivity contribution is 7.90. The predicted octanol–water partition coefficient (Wildman–Crippen LogP) is 5.43. The molecular formula is C30H32FNO6S. The fourth-order valence-electron chi connectivity index (χ4n) is 5.90. The van der Waals surface area contributed by atoms with Gasteiger partial charge in [-0.2, -0.15) is 0 Å². The summed E-state index contributed by atoms with van der Waals surface area (Å²) in [7, 11) is -3.02. The molecule has 0 radical (unpaired) electrons. The van der Waals surface area contributed by atoms with Gasteiger partial charge in [0, 0.05) is 30.0 Å². The molecule has 1 unspecified atom stereocenters. The van der Waals surface area contributed by atoms with E-state index >= 15 is 0 Å². The summed E-state index contributed by atoms with van der Waals surface area (Å²) >= 11 is 0. The van der Waals surface area contributed by atoms with E-state index in [1.54, 1.807) is 25.3 Å². The summed E-state index contributed by atoms with van der Waals surface area (Å²) < 4.78 is 49.4. The van der Waals surface area contributed by atoms with Crippen LogP contribution >= 0.6 is 0 Å². The van der Waals surface area contributed by atoms with Crippen molar-refractivity contribution >= 4 is 15.8 Å². The van der Waals surface area contributed by atoms with E-state index in [9.17, 15) is 22.7 Å². The number of pyridine rings is 1. The van der Waals surface area contributed by atoms with Crippen molar-refractivity contribution in [3.05, 3.63) is 76.2 Å². The maximum Gasteiger partial charge on any atom is 0.307 e. The Kier molecular flexibility index (Phi) is 7.13. The molecule has 1 saturated carbocycles. The van der Waals surface area contributed by atoms with E-state index in [2.05, 4.69) is 4.98 Å². The molecule has 0 aliphatic heterocycles. The third kappa shape index (κ3) is 5.64. The molecule has 0 spiro atoms. The van der Waals surface area contributed by atoms with Crippen molar-refractivity contribution in [2.45, 2.75) is 45.6 Å². The van der Waals surface area contributed by atoms with Crippen LogP contribution in [0.1, 0.15) is 53.2 Å². The van der Waals surface area contributed by atoms with Gasteiger partial charge in [0.05, 0.1) is 18.3 Å². The fourth-order valence-corrected chi connectivity index (χ4v) is 6.54. The van der Waals surface area contributed by atoms with Crippen molar-refractivity contribution in [1.82, 2.24) is 4.98 Å². The van der Waals surface area contributed by atoms with Crippen LogP contribution in [-0.4, -0.2) is 43.1 Å². The summed E-state index contributed by atoms with van der Waals surface area (Å²) in [6, 6.07) is 10.6. The van der Waals surface area contributed by atoms with Crippen LogP contribution in [0.2, 0.25) is 0 Å². The summed E-state index contributed by atoms with van der Waals surface area (Å²) in [5.41, 5.74) is 6.17. The van der Waals surface area contributed by atoms with Crippen LogP contribution in [0.3, 0.4) is 0 Å². The number of nitrogens with zero attached hydrogens (tertiary/aromatic N) is 1. The predicted molar refractivity (Wildman–Crippen MR) is 145 cm³/mol. The fraction of sp³-hybridized carbons (Fsp3) is 0.400. The zero-order valence-electron chi connectivity index (χ0n) is 22.4. The molecule has 39 heavy (non-hydrogen) atoms. The van der Waals surface area contributed by atoms with Gasteiger partial charge >= 0.3 is 5.97 Å². The first-order valence-electron chi connectivity index (χ1n) is 13.0. The Balaban J connectivity index is 1.31. The lowest BCUT2D eigenvalue weighted by atomic mass is 9.93. The first-order chi connectivity index (χ1) is 18.4. The molecule has 1 N–H and O–H groups in total. The van der Waals surface area contributed by atoms with E-state index in [4.69, 9.17) is 9.47 Å². The molecule has 1 aromatic heterocycles. The minimum atomic E-state index is -3.02. The van der Waals surface area contributed by atoms with E-state index in [0.717, 1.165) is 33.4 Å². The van der Waals surface area contributed by atoms with Gasteiger partial charge in [0.15, 0.2) is 0 Å². The largest absolute Gasteiger partial charge is 0.494 e. The molecule has 0 bridgehead atoms. The number of halogens is 1. The molecule has 4 atom stereocenters. The van der Waals surface area contributed by atoms with Crippen molar-refractivity contribution in [3.8, 4) is 22.8 Å². The molecule has 0 saturated heterocycles. The number of sulfone groups is 1. The van der Waals surface area contributed by atoms with Crippen molar-refractivity contribution in [1.29, 1.82) is 0 Å². The zero-order valence-corrected chi connectivity index (χ0v) is 23.2. The lowest BCUT2D eigenvalue weighted by Crippen LogP contribution is -2.09. The summed E-state index contributed by atoms with van der Waals surface area (Å²) in [5, 5.41) is 9.33. The lowest BCUT2D eigenvalue weighted by molar-refractivity contribution is -0.139. The van der Waals surface area contributed by atoms with Gasteiger partial charge in [-0.3, -0.25) is 4.79 Å². The van der Waals surface area contributed by atoms with E-state index < -0.39 is 21.9 Å². The minimum absolute atomic E-state index is 0.0429. The van der Waals surface area contributed by atoms with E-state index in [0.29, 0.717) is 36.6 Å². The number of aromatic nitrogens is 1. The second-order valence-electron chi connectivity index (χ2n) is 10.7. The summed E-state index contributed by atoms with van der Waals surface area (Å²) in [4.78, 5) is 15.7. The summed E-state index contributed by atoms with van der Waals surface area (Å²) in [5.74, 6) is -0.126. The number of carbonyl (C=O) groups is 1. The molecule has 9 heteroatoms. The zero-order chi connectivity index (χ0) is 28.1. The monoisotopic (exact) mass is 553 g/mol. The van der Waals surface area contributed by atoms with Crippen molar-refractivity contribution < 1.29 is 32.2 Å². The number of aryl methyl sites for hydroxylation is 2. The summed E-state index contributed by atoms with van der Waals surface area (Å²) in [6.45, 7) is 6.01. The molecule has 7 nitrogen and oxygen atoms in total. The molecule has 2 aliphatic carbocycles. The second-order valence-corrected chi connectivity index (χ2v) is 13.0. The van der Waals surface area contributed by atoms with Gasteiger partial charge in [-0.25, -0.2) is 17.8 Å². The number of aliphatic carboxylic acids is 1. The number of ether oxygens (including phenoxy) is 2. The van der Waals surface area contributed by atoms with Crippen LogP contribution in [0.5, 0.6) is 11.6 Å². The Morgan fingerprint density at radius 2 is 1.90 bits per heavy atom. The molecule has 3 aromatic rings. The Morgan fingerprint density at radius 1 is 1.18 bits per heavy atom. The van der Waals surface area contributed by atoms with Gasteiger partial charge in [-0.1, -0.05) is 6.07 Å². The molecule has 2 aromatic carbocycles. The first kappa shape index (κ1) is 27.1. The third-order valence-electron chi connectivity index (χ3n) is 7.72. The van der Waals surface area contributed by atoms with E-state index in [-0.39, 0.29) is 29.3 Å². The second kappa shape index (κ2) is 10.3. The highest BCUT2D eigenvalue weighted by Crippen LogP contribution is 2.61. The van der Waals surface area contributed by atoms with Gasteiger partial charge in [-0.05, 0) is 97.2 Å². The Labute approximate surface area is 227 Å². The maximum atomic E-state index is 14.9. The molecule has 5 rings (SSSR count). The lowest BCUT2D eigenvalue weighted by Gasteiger charge is -2.19. The molecular weight excluding hydrogens is 521 g/mol. The Bertz CT molecular complexity index is 1530. The third-order valence-corrected chi connectivity index (χ3v) is 8.75. The average molecular weight is 554 g/mol. The number of carboxylic acids is 1. The number of hydrogen-bond donors (Lipinski definition) is 1. The van der Waals surface area contributed by atoms with Crippen molar-refractivity contribution in [2.75, 3.05) is 18.6 Å².